The number of nitrogens with two attached hydrogens (primary N) is 3. The van der Waals surface area contributed by atoms with Crippen LogP contribution in [0.25, 0.3) is 0 Å². The van der Waals surface area contributed by atoms with Gasteiger partial charge in [-0.2, -0.15) is 0 Å². The molecular weight excluding hydrogens is 376 g/mol. The van der Waals surface area contributed by atoms with Crippen molar-refractivity contribution in [3.8, 4) is 0 Å². The minimum Gasteiger partial charge on any atom is -0.465 e. The summed E-state index contributed by atoms with van der Waals surface area (Å²) >= 11 is 0. The van der Waals surface area contributed by atoms with Crippen molar-refractivity contribution in [1.29, 1.82) is 0 Å². The molecule has 1 aromatic rings. The van der Waals surface area contributed by atoms with E-state index in [9.17, 15) is 14.4 Å². The molecule has 1 aromatic carbocycles. The van der Waals surface area contributed by atoms with Crippen molar-refractivity contribution in [1.82, 2.24) is 10.6 Å². The van der Waals surface area contributed by atoms with E-state index in [1.807, 2.05) is 30.3 Å². The van der Waals surface area contributed by atoms with E-state index in [0.717, 1.165) is 5.56 Å². The zero-order chi connectivity index (χ0) is 21.6. The van der Waals surface area contributed by atoms with Crippen LogP contribution in [0, 0.1) is 0 Å². The van der Waals surface area contributed by atoms with Crippen molar-refractivity contribution in [3.05, 3.63) is 35.9 Å². The second-order valence-corrected chi connectivity index (χ2v) is 6.33. The second-order valence-electron chi connectivity index (χ2n) is 6.33. The van der Waals surface area contributed by atoms with Gasteiger partial charge in [-0.1, -0.05) is 30.3 Å². The van der Waals surface area contributed by atoms with Gasteiger partial charge in [0.25, 0.3) is 0 Å². The molecular formula is C19H30N6O4. The molecule has 0 saturated heterocycles. The highest BCUT2D eigenvalue weighted by molar-refractivity contribution is 5.91. The number of carbonyl (C=O) groups is 3. The van der Waals surface area contributed by atoms with Crippen molar-refractivity contribution < 1.29 is 19.1 Å². The van der Waals surface area contributed by atoms with Gasteiger partial charge >= 0.3 is 5.97 Å². The van der Waals surface area contributed by atoms with Gasteiger partial charge in [0.15, 0.2) is 5.96 Å². The molecule has 0 aromatic heterocycles. The number of benzene rings is 1. The van der Waals surface area contributed by atoms with Crippen LogP contribution in [0.1, 0.15) is 25.3 Å². The van der Waals surface area contributed by atoms with Gasteiger partial charge in [-0.25, -0.2) is 0 Å². The fraction of sp³-hybridized carbons (Fsp3) is 0.474. The maximum atomic E-state index is 12.5. The number of nitrogens with one attached hydrogen (secondary N) is 2. The van der Waals surface area contributed by atoms with Gasteiger partial charge < -0.3 is 32.6 Å². The lowest BCUT2D eigenvalue weighted by Gasteiger charge is -2.20. The molecule has 8 N–H and O–H groups in total. The van der Waals surface area contributed by atoms with E-state index < -0.39 is 29.9 Å². The second kappa shape index (κ2) is 13.1. The number of esters is 1. The Kier molecular flexibility index (Phi) is 10.8. The Morgan fingerprint density at radius 1 is 1.14 bits per heavy atom. The first-order valence-electron chi connectivity index (χ1n) is 9.42. The lowest BCUT2D eigenvalue weighted by atomic mass is 10.0. The molecule has 0 aliphatic rings. The van der Waals surface area contributed by atoms with Crippen LogP contribution in [0.3, 0.4) is 0 Å². The fourth-order valence-electron chi connectivity index (χ4n) is 2.51. The highest BCUT2D eigenvalue weighted by Gasteiger charge is 2.24. The van der Waals surface area contributed by atoms with Crippen molar-refractivity contribution in [3.63, 3.8) is 0 Å². The molecule has 0 radical (unpaired) electrons. The standard InChI is InChI=1S/C19H30N6O4/c1-2-29-16(26)12-24-18(28)15(9-6-10-23-19(21)22)25-17(27)14(20)11-13-7-4-3-5-8-13/h3-5,7-8,14-15H,2,6,9-12,20H2,1H3,(H,24,28)(H,25,27)(H4,21,22,23)/t14-,15-/m0/s1. The first-order valence-corrected chi connectivity index (χ1v) is 9.42. The molecule has 0 bridgehead atoms. The van der Waals surface area contributed by atoms with E-state index >= 15 is 0 Å². The van der Waals surface area contributed by atoms with Crippen LogP contribution < -0.4 is 27.8 Å². The Balaban J connectivity index is 2.67. The quantitative estimate of drug-likeness (QED) is 0.125. The zero-order valence-corrected chi connectivity index (χ0v) is 16.6. The summed E-state index contributed by atoms with van der Waals surface area (Å²) in [6, 6.07) is 7.61. The lowest BCUT2D eigenvalue weighted by Crippen LogP contribution is -2.52. The molecule has 1 rings (SSSR count). The fourth-order valence-corrected chi connectivity index (χ4v) is 2.51. The van der Waals surface area contributed by atoms with E-state index in [2.05, 4.69) is 15.6 Å². The number of nitrogens with zero attached hydrogens (tertiary/aromatic N) is 1. The van der Waals surface area contributed by atoms with Crippen molar-refractivity contribution in [2.24, 2.45) is 22.2 Å². The normalized spacial score (nSPS) is 12.3. The summed E-state index contributed by atoms with van der Waals surface area (Å²) in [6.07, 6.45) is 1.05. The van der Waals surface area contributed by atoms with Crippen LogP contribution in [0.15, 0.2) is 35.3 Å². The number of rotatable bonds is 12. The van der Waals surface area contributed by atoms with Gasteiger partial charge in [0, 0.05) is 6.54 Å². The van der Waals surface area contributed by atoms with Crippen LogP contribution in [0.5, 0.6) is 0 Å². The van der Waals surface area contributed by atoms with Gasteiger partial charge in [-0.05, 0) is 31.7 Å². The zero-order valence-electron chi connectivity index (χ0n) is 16.6. The monoisotopic (exact) mass is 406 g/mol. The summed E-state index contributed by atoms with van der Waals surface area (Å²) in [4.78, 5) is 40.2. The number of hydrogen-bond acceptors (Lipinski definition) is 6. The Morgan fingerprint density at radius 3 is 2.45 bits per heavy atom. The molecule has 0 saturated carbocycles. The minimum atomic E-state index is -0.882. The maximum Gasteiger partial charge on any atom is 0.325 e. The molecule has 10 heteroatoms. The average molecular weight is 406 g/mol. The lowest BCUT2D eigenvalue weighted by molar-refractivity contribution is -0.143. The van der Waals surface area contributed by atoms with E-state index in [1.165, 1.54) is 0 Å². The Morgan fingerprint density at radius 2 is 1.83 bits per heavy atom. The minimum absolute atomic E-state index is 0.0535. The highest BCUT2D eigenvalue weighted by Crippen LogP contribution is 2.04. The molecule has 0 aliphatic heterocycles. The molecule has 0 unspecified atom stereocenters. The number of amides is 2. The molecule has 0 fully saturated rings. The van der Waals surface area contributed by atoms with Gasteiger partial charge in [0.2, 0.25) is 11.8 Å². The van der Waals surface area contributed by atoms with Crippen molar-refractivity contribution in [2.45, 2.75) is 38.3 Å². The first-order chi connectivity index (χ1) is 13.8. The van der Waals surface area contributed by atoms with E-state index in [4.69, 9.17) is 21.9 Å². The summed E-state index contributed by atoms with van der Waals surface area (Å²) in [5, 5.41) is 5.10. The Bertz CT molecular complexity index is 691. The third kappa shape index (κ3) is 10.1. The van der Waals surface area contributed by atoms with E-state index in [0.29, 0.717) is 19.4 Å². The molecule has 2 amide bonds. The number of hydrogen-bond donors (Lipinski definition) is 5. The van der Waals surface area contributed by atoms with Crippen LogP contribution >= 0.6 is 0 Å². The molecule has 10 nitrogen and oxygen atoms in total. The summed E-state index contributed by atoms with van der Waals surface area (Å²) in [7, 11) is 0. The summed E-state index contributed by atoms with van der Waals surface area (Å²) in [6.45, 7) is 1.89. The van der Waals surface area contributed by atoms with Crippen LogP contribution in [0.4, 0.5) is 0 Å². The molecule has 29 heavy (non-hydrogen) atoms. The van der Waals surface area contributed by atoms with E-state index in [1.54, 1.807) is 6.92 Å². The largest absolute Gasteiger partial charge is 0.465 e. The predicted octanol–water partition coefficient (Wildman–Crippen LogP) is -1.23. The number of ether oxygens (including phenoxy) is 1. The third-order valence-electron chi connectivity index (χ3n) is 3.93. The van der Waals surface area contributed by atoms with Gasteiger partial charge in [-0.3, -0.25) is 19.4 Å². The van der Waals surface area contributed by atoms with Crippen LogP contribution in [-0.4, -0.2) is 55.5 Å². The van der Waals surface area contributed by atoms with Gasteiger partial charge in [0.1, 0.15) is 12.6 Å². The third-order valence-corrected chi connectivity index (χ3v) is 3.93. The number of guanidine groups is 1. The van der Waals surface area contributed by atoms with Gasteiger partial charge in [0.05, 0.1) is 12.6 Å². The molecule has 0 heterocycles. The summed E-state index contributed by atoms with van der Waals surface area (Å²) < 4.78 is 4.78. The molecule has 0 aliphatic carbocycles. The van der Waals surface area contributed by atoms with Gasteiger partial charge in [-0.15, -0.1) is 0 Å². The molecule has 2 atom stereocenters. The van der Waals surface area contributed by atoms with Crippen LogP contribution in [0.2, 0.25) is 0 Å². The topological polar surface area (TPSA) is 175 Å². The predicted molar refractivity (Wildman–Crippen MR) is 110 cm³/mol. The SMILES string of the molecule is CCOC(=O)CNC(=O)[C@H](CCCN=C(N)N)NC(=O)[C@@H](N)Cc1ccccc1. The Hall–Kier alpha value is -3.14. The van der Waals surface area contributed by atoms with Crippen molar-refractivity contribution in [2.75, 3.05) is 19.7 Å². The van der Waals surface area contributed by atoms with Crippen LogP contribution in [-0.2, 0) is 25.5 Å². The smallest absolute Gasteiger partial charge is 0.325 e. The Labute approximate surface area is 170 Å². The summed E-state index contributed by atoms with van der Waals surface area (Å²) in [5.74, 6) is -1.59. The number of carbonyl (C=O) groups excluding carboxylic acids is 3. The van der Waals surface area contributed by atoms with Crippen molar-refractivity contribution >= 4 is 23.7 Å². The molecule has 0 spiro atoms. The first kappa shape index (κ1) is 23.9. The highest BCUT2D eigenvalue weighted by atomic mass is 16.5. The maximum absolute atomic E-state index is 12.5. The van der Waals surface area contributed by atoms with E-state index in [-0.39, 0.29) is 25.5 Å². The molecule has 160 valence electrons. The average Bonchev–Trinajstić information content (AvgIpc) is 2.69. The number of aliphatic imine (C=N–C) groups is 1. The summed E-state index contributed by atoms with van der Waals surface area (Å²) in [5.41, 5.74) is 17.5.